The first-order chi connectivity index (χ1) is 9.20. The molecule has 0 atom stereocenters. The van der Waals surface area contributed by atoms with Crippen LogP contribution in [0.2, 0.25) is 0 Å². The molecule has 0 saturated carbocycles. The highest BCUT2D eigenvalue weighted by molar-refractivity contribution is 5.53. The second kappa shape index (κ2) is 6.29. The van der Waals surface area contributed by atoms with Gasteiger partial charge in [-0.05, 0) is 25.1 Å². The van der Waals surface area contributed by atoms with Crippen LogP contribution in [-0.4, -0.2) is 23.6 Å². The number of hydrogen-bond acceptors (Lipinski definition) is 4. The van der Waals surface area contributed by atoms with Crippen LogP contribution in [0.4, 0.5) is 5.69 Å². The molecule has 0 aliphatic rings. The summed E-state index contributed by atoms with van der Waals surface area (Å²) in [7, 11) is 2.08. The second-order valence-electron chi connectivity index (χ2n) is 4.65. The minimum absolute atomic E-state index is 0.510. The van der Waals surface area contributed by atoms with E-state index in [1.807, 2.05) is 31.5 Å². The van der Waals surface area contributed by atoms with E-state index in [2.05, 4.69) is 34.0 Å². The van der Waals surface area contributed by atoms with Gasteiger partial charge in [0.15, 0.2) is 0 Å². The zero-order chi connectivity index (χ0) is 13.7. The van der Waals surface area contributed by atoms with E-state index in [-0.39, 0.29) is 0 Å². The highest BCUT2D eigenvalue weighted by atomic mass is 15.1. The Kier molecular flexibility index (Phi) is 4.47. The molecule has 4 nitrogen and oxygen atoms in total. The smallest absolute Gasteiger partial charge is 0.0442 e. The fraction of sp³-hybridized carbons (Fsp3) is 0.333. The van der Waals surface area contributed by atoms with Crippen molar-refractivity contribution in [3.63, 3.8) is 0 Å². The van der Waals surface area contributed by atoms with Gasteiger partial charge >= 0.3 is 0 Å². The van der Waals surface area contributed by atoms with Crippen LogP contribution in [0.15, 0.2) is 36.7 Å². The summed E-state index contributed by atoms with van der Waals surface area (Å²) in [6.45, 7) is 3.42. The van der Waals surface area contributed by atoms with Crippen LogP contribution in [0.25, 0.3) is 0 Å². The van der Waals surface area contributed by atoms with Gasteiger partial charge in [0.2, 0.25) is 0 Å². The average molecular weight is 256 g/mol. The summed E-state index contributed by atoms with van der Waals surface area (Å²) in [5.41, 5.74) is 10.1. The van der Waals surface area contributed by atoms with E-state index in [9.17, 15) is 0 Å². The van der Waals surface area contributed by atoms with Crippen molar-refractivity contribution < 1.29 is 0 Å². The van der Waals surface area contributed by atoms with E-state index in [0.29, 0.717) is 6.54 Å². The van der Waals surface area contributed by atoms with Gasteiger partial charge in [0.05, 0.1) is 0 Å². The molecule has 100 valence electrons. The number of nitrogens with zero attached hydrogens (tertiary/aromatic N) is 3. The molecule has 0 aliphatic carbocycles. The lowest BCUT2D eigenvalue weighted by Gasteiger charge is -2.22. The summed E-state index contributed by atoms with van der Waals surface area (Å²) in [5, 5.41) is 0. The lowest BCUT2D eigenvalue weighted by atomic mass is 10.1. The second-order valence-corrected chi connectivity index (χ2v) is 4.65. The molecule has 0 unspecified atom stereocenters. The van der Waals surface area contributed by atoms with Crippen molar-refractivity contribution >= 4 is 5.69 Å². The van der Waals surface area contributed by atoms with Crippen LogP contribution in [0.5, 0.6) is 0 Å². The predicted octanol–water partition coefficient (Wildman–Crippen LogP) is 1.92. The molecule has 19 heavy (non-hydrogen) atoms. The van der Waals surface area contributed by atoms with Gasteiger partial charge in [-0.25, -0.2) is 0 Å². The third kappa shape index (κ3) is 3.51. The molecule has 0 aromatic carbocycles. The zero-order valence-corrected chi connectivity index (χ0v) is 11.5. The Morgan fingerprint density at radius 1 is 1.26 bits per heavy atom. The van der Waals surface area contributed by atoms with E-state index in [1.54, 1.807) is 0 Å². The Morgan fingerprint density at radius 2 is 2.11 bits per heavy atom. The molecule has 2 N–H and O–H groups in total. The standard InChI is InChI=1S/C15H20N4/c1-12-9-15(13(10-16)11-18-12)19(2)8-6-14-5-3-4-7-17-14/h3-5,7,9,11H,6,8,10,16H2,1-2H3. The van der Waals surface area contributed by atoms with E-state index < -0.39 is 0 Å². The number of rotatable bonds is 5. The summed E-state index contributed by atoms with van der Waals surface area (Å²) >= 11 is 0. The SMILES string of the molecule is Cc1cc(N(C)CCc2ccccn2)c(CN)cn1. The molecule has 0 radical (unpaired) electrons. The summed E-state index contributed by atoms with van der Waals surface area (Å²) in [6.07, 6.45) is 4.61. The van der Waals surface area contributed by atoms with Crippen molar-refractivity contribution in [2.45, 2.75) is 19.9 Å². The number of aromatic nitrogens is 2. The molecule has 0 spiro atoms. The largest absolute Gasteiger partial charge is 0.374 e. The van der Waals surface area contributed by atoms with Gasteiger partial charge in [0, 0.05) is 61.6 Å². The maximum atomic E-state index is 5.77. The number of aryl methyl sites for hydroxylation is 1. The highest BCUT2D eigenvalue weighted by Crippen LogP contribution is 2.19. The molecule has 0 saturated heterocycles. The summed E-state index contributed by atoms with van der Waals surface area (Å²) in [6, 6.07) is 8.09. The Balaban J connectivity index is 2.07. The first-order valence-electron chi connectivity index (χ1n) is 6.47. The lowest BCUT2D eigenvalue weighted by molar-refractivity contribution is 0.840. The molecule has 4 heteroatoms. The van der Waals surface area contributed by atoms with E-state index in [4.69, 9.17) is 5.73 Å². The van der Waals surface area contributed by atoms with Crippen molar-refractivity contribution in [2.24, 2.45) is 5.73 Å². The summed E-state index contributed by atoms with van der Waals surface area (Å²) in [5.74, 6) is 0. The van der Waals surface area contributed by atoms with Crippen LogP contribution in [0.3, 0.4) is 0 Å². The summed E-state index contributed by atoms with van der Waals surface area (Å²) < 4.78 is 0. The lowest BCUT2D eigenvalue weighted by Crippen LogP contribution is -2.23. The minimum Gasteiger partial charge on any atom is -0.374 e. The van der Waals surface area contributed by atoms with E-state index in [1.165, 1.54) is 0 Å². The highest BCUT2D eigenvalue weighted by Gasteiger charge is 2.08. The van der Waals surface area contributed by atoms with Crippen LogP contribution in [0.1, 0.15) is 17.0 Å². The van der Waals surface area contributed by atoms with Gasteiger partial charge < -0.3 is 10.6 Å². The molecule has 0 amide bonds. The zero-order valence-electron chi connectivity index (χ0n) is 11.5. The predicted molar refractivity (Wildman–Crippen MR) is 78.1 cm³/mol. The summed E-state index contributed by atoms with van der Waals surface area (Å²) in [4.78, 5) is 10.8. The molecule has 2 rings (SSSR count). The van der Waals surface area contributed by atoms with Crippen molar-refractivity contribution in [1.82, 2.24) is 9.97 Å². The van der Waals surface area contributed by atoms with Gasteiger partial charge in [-0.2, -0.15) is 0 Å². The number of nitrogens with two attached hydrogens (primary N) is 1. The number of anilines is 1. The quantitative estimate of drug-likeness (QED) is 0.888. The van der Waals surface area contributed by atoms with E-state index in [0.717, 1.165) is 35.6 Å². The third-order valence-corrected chi connectivity index (χ3v) is 3.16. The van der Waals surface area contributed by atoms with Gasteiger partial charge in [0.25, 0.3) is 0 Å². The monoisotopic (exact) mass is 256 g/mol. The molecule has 2 aromatic heterocycles. The Hall–Kier alpha value is -1.94. The minimum atomic E-state index is 0.510. The van der Waals surface area contributed by atoms with Gasteiger partial charge in [-0.15, -0.1) is 0 Å². The number of likely N-dealkylation sites (N-methyl/N-ethyl adjacent to an activating group) is 1. The molecular formula is C15H20N4. The van der Waals surface area contributed by atoms with Gasteiger partial charge in [-0.1, -0.05) is 6.07 Å². The third-order valence-electron chi connectivity index (χ3n) is 3.16. The van der Waals surface area contributed by atoms with Gasteiger partial charge in [0.1, 0.15) is 0 Å². The molecular weight excluding hydrogens is 236 g/mol. The first kappa shape index (κ1) is 13.5. The Bertz CT molecular complexity index is 525. The van der Waals surface area contributed by atoms with Crippen LogP contribution < -0.4 is 10.6 Å². The van der Waals surface area contributed by atoms with Crippen molar-refractivity contribution in [2.75, 3.05) is 18.5 Å². The normalized spacial score (nSPS) is 10.5. The number of hydrogen-bond donors (Lipinski definition) is 1. The molecule has 0 fully saturated rings. The van der Waals surface area contributed by atoms with Crippen molar-refractivity contribution in [3.8, 4) is 0 Å². The van der Waals surface area contributed by atoms with Crippen molar-refractivity contribution in [3.05, 3.63) is 53.6 Å². The van der Waals surface area contributed by atoms with Crippen LogP contribution >= 0.6 is 0 Å². The van der Waals surface area contributed by atoms with E-state index >= 15 is 0 Å². The molecule has 0 bridgehead atoms. The maximum Gasteiger partial charge on any atom is 0.0442 e. The first-order valence-corrected chi connectivity index (χ1v) is 6.47. The van der Waals surface area contributed by atoms with Crippen LogP contribution in [0, 0.1) is 6.92 Å². The van der Waals surface area contributed by atoms with Crippen LogP contribution in [-0.2, 0) is 13.0 Å². The Morgan fingerprint density at radius 3 is 2.79 bits per heavy atom. The maximum absolute atomic E-state index is 5.77. The fourth-order valence-electron chi connectivity index (χ4n) is 2.04. The van der Waals surface area contributed by atoms with Crippen molar-refractivity contribution in [1.29, 1.82) is 0 Å². The van der Waals surface area contributed by atoms with Gasteiger partial charge in [-0.3, -0.25) is 9.97 Å². The molecule has 0 aliphatic heterocycles. The number of pyridine rings is 2. The topological polar surface area (TPSA) is 55.0 Å². The molecule has 2 heterocycles. The molecule has 2 aromatic rings. The fourth-order valence-corrected chi connectivity index (χ4v) is 2.04. The Labute approximate surface area is 114 Å². The average Bonchev–Trinajstić information content (AvgIpc) is 2.46.